The van der Waals surface area contributed by atoms with Crippen molar-refractivity contribution in [1.82, 2.24) is 0 Å². The normalized spacial score (nSPS) is 14.7. The summed E-state index contributed by atoms with van der Waals surface area (Å²) in [4.78, 5) is 13.0. The maximum absolute atomic E-state index is 13.0. The van der Waals surface area contributed by atoms with E-state index in [0.29, 0.717) is 27.4 Å². The molecule has 2 unspecified atom stereocenters. The Kier molecular flexibility index (Phi) is 4.92. The van der Waals surface area contributed by atoms with Crippen LogP contribution in [0.1, 0.15) is 22.8 Å². The van der Waals surface area contributed by atoms with E-state index < -0.39 is 12.2 Å². The molecule has 1 aromatic heterocycles. The van der Waals surface area contributed by atoms with E-state index >= 15 is 0 Å². The van der Waals surface area contributed by atoms with Crippen LogP contribution in [0.4, 0.5) is 0 Å². The molecule has 138 valence electrons. The maximum atomic E-state index is 13.0. The molecule has 0 saturated carbocycles. The summed E-state index contributed by atoms with van der Waals surface area (Å²) >= 11 is 1.60. The largest absolute Gasteiger partial charge is 0.385 e. The van der Waals surface area contributed by atoms with Gasteiger partial charge in [-0.15, -0.1) is 11.3 Å². The Bertz CT molecular complexity index is 1030. The Hall–Kier alpha value is -1.79. The fourth-order valence-electron chi connectivity index (χ4n) is 3.39. The average molecular weight is 373 g/mol. The second-order valence-electron chi connectivity index (χ2n) is 8.00. The summed E-state index contributed by atoms with van der Waals surface area (Å²) in [6.45, 7) is 4.34. The molecule has 0 spiro atoms. The first-order chi connectivity index (χ1) is 12.1. The molecule has 0 aliphatic rings. The Morgan fingerprint density at radius 2 is 1.69 bits per heavy atom. The monoisotopic (exact) mass is 372 g/mol. The molecule has 0 bridgehead atoms. The van der Waals surface area contributed by atoms with E-state index in [1.165, 1.54) is 0 Å². The zero-order chi connectivity index (χ0) is 19.2. The van der Waals surface area contributed by atoms with Gasteiger partial charge in [0.25, 0.3) is 0 Å². The van der Waals surface area contributed by atoms with Gasteiger partial charge in [0.1, 0.15) is 18.8 Å². The highest BCUT2D eigenvalue weighted by Gasteiger charge is 2.27. The summed E-state index contributed by atoms with van der Waals surface area (Å²) in [5.41, 5.74) is 2.53. The van der Waals surface area contributed by atoms with Crippen molar-refractivity contribution in [2.24, 2.45) is 0 Å². The van der Waals surface area contributed by atoms with Crippen molar-refractivity contribution >= 4 is 31.5 Å². The van der Waals surface area contributed by atoms with Crippen LogP contribution in [-0.2, 0) is 0 Å². The maximum Gasteiger partial charge on any atom is 0.195 e. The van der Waals surface area contributed by atoms with E-state index in [1.54, 1.807) is 17.4 Å². The standard InChI is InChI=1S/C21H26NO3S/c1-12-13(2)21-16(19(24)14-8-6-7-9-18(14)26-21)10-15(12)20(25)17(23)11-22(3,4)5/h6-10,17,20,23,25H,11H2,1-5H3/q+1. The summed E-state index contributed by atoms with van der Waals surface area (Å²) in [6.07, 6.45) is -1.92. The molecule has 0 saturated heterocycles. The van der Waals surface area contributed by atoms with Gasteiger partial charge in [-0.3, -0.25) is 4.79 Å². The fraction of sp³-hybridized carbons (Fsp3) is 0.381. The molecule has 0 radical (unpaired) electrons. The SMILES string of the molecule is Cc1c(C(O)C(O)C[N+](C)(C)C)cc2c(=O)c3ccccc3sc2c1C. The van der Waals surface area contributed by atoms with Crippen LogP contribution < -0.4 is 5.43 Å². The number of fused-ring (bicyclic) bond motifs is 2. The van der Waals surface area contributed by atoms with Crippen molar-refractivity contribution in [3.8, 4) is 0 Å². The molecule has 2 atom stereocenters. The van der Waals surface area contributed by atoms with Crippen molar-refractivity contribution in [3.05, 3.63) is 57.2 Å². The number of aliphatic hydroxyl groups excluding tert-OH is 2. The molecule has 2 aromatic carbocycles. The molecule has 4 nitrogen and oxygen atoms in total. The predicted octanol–water partition coefficient (Wildman–Crippen LogP) is 3.13. The molecule has 5 heteroatoms. The molecule has 1 heterocycles. The van der Waals surface area contributed by atoms with Gasteiger partial charge in [0.2, 0.25) is 0 Å². The number of rotatable bonds is 4. The van der Waals surface area contributed by atoms with E-state index in [4.69, 9.17) is 0 Å². The molecule has 3 aromatic rings. The summed E-state index contributed by atoms with van der Waals surface area (Å²) < 4.78 is 2.46. The minimum absolute atomic E-state index is 0.0213. The van der Waals surface area contributed by atoms with Crippen molar-refractivity contribution in [2.75, 3.05) is 27.7 Å². The van der Waals surface area contributed by atoms with Crippen LogP contribution in [-0.4, -0.2) is 48.5 Å². The highest BCUT2D eigenvalue weighted by molar-refractivity contribution is 7.24. The number of hydrogen-bond donors (Lipinski definition) is 2. The van der Waals surface area contributed by atoms with Crippen LogP contribution in [0.25, 0.3) is 20.2 Å². The summed E-state index contributed by atoms with van der Waals surface area (Å²) in [5.74, 6) is 0. The zero-order valence-corrected chi connectivity index (χ0v) is 16.7. The number of nitrogens with zero attached hydrogens (tertiary/aromatic N) is 1. The molecule has 0 aliphatic heterocycles. The predicted molar refractivity (Wildman–Crippen MR) is 109 cm³/mol. The first-order valence-corrected chi connectivity index (χ1v) is 9.54. The third kappa shape index (κ3) is 3.40. The Morgan fingerprint density at radius 1 is 1.04 bits per heavy atom. The number of quaternary nitrogens is 1. The smallest absolute Gasteiger partial charge is 0.195 e. The molecule has 0 fully saturated rings. The van der Waals surface area contributed by atoms with Crippen molar-refractivity contribution < 1.29 is 14.7 Å². The lowest BCUT2D eigenvalue weighted by Gasteiger charge is -2.29. The topological polar surface area (TPSA) is 57.5 Å². The number of aliphatic hydroxyl groups is 2. The first kappa shape index (κ1) is 19.0. The van der Waals surface area contributed by atoms with Crippen molar-refractivity contribution in [2.45, 2.75) is 26.1 Å². The van der Waals surface area contributed by atoms with Gasteiger partial charge in [0.15, 0.2) is 5.43 Å². The molecular weight excluding hydrogens is 346 g/mol. The van der Waals surface area contributed by atoms with Crippen LogP contribution in [0.2, 0.25) is 0 Å². The molecule has 0 amide bonds. The molecular formula is C21H26NO3S+. The molecule has 3 rings (SSSR count). The highest BCUT2D eigenvalue weighted by Crippen LogP contribution is 2.33. The van der Waals surface area contributed by atoms with Crippen LogP contribution in [0.3, 0.4) is 0 Å². The van der Waals surface area contributed by atoms with E-state index in [1.807, 2.05) is 59.3 Å². The average Bonchev–Trinajstić information content (AvgIpc) is 2.57. The second-order valence-corrected chi connectivity index (χ2v) is 9.06. The van der Waals surface area contributed by atoms with Crippen LogP contribution in [0.5, 0.6) is 0 Å². The van der Waals surface area contributed by atoms with Crippen molar-refractivity contribution in [1.29, 1.82) is 0 Å². The molecule has 26 heavy (non-hydrogen) atoms. The van der Waals surface area contributed by atoms with Crippen LogP contribution in [0, 0.1) is 13.8 Å². The number of likely N-dealkylation sites (N-methyl/N-ethyl adjacent to an activating group) is 1. The number of hydrogen-bond acceptors (Lipinski definition) is 4. The second kappa shape index (κ2) is 6.74. The minimum Gasteiger partial charge on any atom is -0.385 e. The Morgan fingerprint density at radius 3 is 2.35 bits per heavy atom. The Balaban J connectivity index is 2.22. The van der Waals surface area contributed by atoms with Gasteiger partial charge in [0, 0.05) is 20.2 Å². The van der Waals surface area contributed by atoms with Gasteiger partial charge in [-0.25, -0.2) is 0 Å². The number of aryl methyl sites for hydroxylation is 1. The van der Waals surface area contributed by atoms with Gasteiger partial charge in [-0.2, -0.15) is 0 Å². The van der Waals surface area contributed by atoms with Crippen molar-refractivity contribution in [3.63, 3.8) is 0 Å². The number of benzene rings is 2. The van der Waals surface area contributed by atoms with Gasteiger partial charge >= 0.3 is 0 Å². The summed E-state index contributed by atoms with van der Waals surface area (Å²) in [7, 11) is 5.91. The quantitative estimate of drug-likeness (QED) is 0.546. The molecule has 2 N–H and O–H groups in total. The fourth-order valence-corrected chi connectivity index (χ4v) is 4.60. The summed E-state index contributed by atoms with van der Waals surface area (Å²) in [5, 5.41) is 22.6. The zero-order valence-electron chi connectivity index (χ0n) is 15.9. The van der Waals surface area contributed by atoms with Crippen LogP contribution >= 0.6 is 11.3 Å². The lowest BCUT2D eigenvalue weighted by Crippen LogP contribution is -2.43. The van der Waals surface area contributed by atoms with Gasteiger partial charge in [-0.05, 0) is 48.7 Å². The van der Waals surface area contributed by atoms with Gasteiger partial charge in [0.05, 0.1) is 21.1 Å². The lowest BCUT2D eigenvalue weighted by atomic mass is 9.93. The third-order valence-electron chi connectivity index (χ3n) is 4.89. The first-order valence-electron chi connectivity index (χ1n) is 8.72. The lowest BCUT2D eigenvalue weighted by molar-refractivity contribution is -0.874. The van der Waals surface area contributed by atoms with E-state index in [9.17, 15) is 15.0 Å². The van der Waals surface area contributed by atoms with Gasteiger partial charge in [-0.1, -0.05) is 12.1 Å². The Labute approximate surface area is 157 Å². The van der Waals surface area contributed by atoms with Crippen LogP contribution in [0.15, 0.2) is 35.1 Å². The van der Waals surface area contributed by atoms with Gasteiger partial charge < -0.3 is 14.7 Å². The minimum atomic E-state index is -1.02. The third-order valence-corrected chi connectivity index (χ3v) is 6.19. The van der Waals surface area contributed by atoms with E-state index in [0.717, 1.165) is 20.5 Å². The highest BCUT2D eigenvalue weighted by atomic mass is 32.1. The molecule has 0 aliphatic carbocycles. The van der Waals surface area contributed by atoms with E-state index in [-0.39, 0.29) is 5.43 Å². The van der Waals surface area contributed by atoms with E-state index in [2.05, 4.69) is 0 Å². The summed E-state index contributed by atoms with van der Waals surface area (Å²) in [6, 6.07) is 9.37.